The van der Waals surface area contributed by atoms with E-state index in [4.69, 9.17) is 9.47 Å². The van der Waals surface area contributed by atoms with Gasteiger partial charge >= 0.3 is 12.1 Å². The Bertz CT molecular complexity index is 790. The number of fused-ring (bicyclic) bond motifs is 1. The summed E-state index contributed by atoms with van der Waals surface area (Å²) in [4.78, 5) is 38.7. The molecule has 3 rings (SSSR count). The molecule has 0 saturated carbocycles. The molecule has 0 aliphatic carbocycles. The Labute approximate surface area is 168 Å². The van der Waals surface area contributed by atoms with Gasteiger partial charge in [0, 0.05) is 5.75 Å². The van der Waals surface area contributed by atoms with Crippen LogP contribution in [0, 0.1) is 0 Å². The van der Waals surface area contributed by atoms with Crippen LogP contribution >= 0.6 is 11.8 Å². The van der Waals surface area contributed by atoms with E-state index in [1.54, 1.807) is 20.8 Å². The second-order valence-corrected chi connectivity index (χ2v) is 8.83. The molecule has 0 spiro atoms. The van der Waals surface area contributed by atoms with Crippen LogP contribution in [0.4, 0.5) is 4.79 Å². The largest absolute Gasteiger partial charge is 0.459 e. The van der Waals surface area contributed by atoms with Gasteiger partial charge in [-0.1, -0.05) is 36.9 Å². The number of carbonyl (C=O) groups excluding carboxylic acids is 3. The van der Waals surface area contributed by atoms with E-state index >= 15 is 0 Å². The number of nitrogens with zero attached hydrogens (tertiary/aromatic N) is 1. The molecule has 1 aromatic carbocycles. The molecule has 2 saturated heterocycles. The van der Waals surface area contributed by atoms with Crippen molar-refractivity contribution in [3.8, 4) is 0 Å². The Morgan fingerprint density at radius 3 is 2.61 bits per heavy atom. The summed E-state index contributed by atoms with van der Waals surface area (Å²) in [6.45, 7) is 9.31. The van der Waals surface area contributed by atoms with Gasteiger partial charge in [-0.2, -0.15) is 0 Å². The predicted molar refractivity (Wildman–Crippen MR) is 105 cm³/mol. The average Bonchev–Trinajstić information content (AvgIpc) is 2.63. The van der Waals surface area contributed by atoms with Crippen LogP contribution in [-0.2, 0) is 25.7 Å². The van der Waals surface area contributed by atoms with Gasteiger partial charge in [0.1, 0.15) is 23.6 Å². The molecule has 1 N–H and O–H groups in total. The van der Waals surface area contributed by atoms with Crippen LogP contribution in [0.1, 0.15) is 26.3 Å². The number of thioether (sulfide) groups is 1. The molecular weight excluding hydrogens is 380 g/mol. The Balaban J connectivity index is 1.63. The lowest BCUT2D eigenvalue weighted by atomic mass is 9.99. The normalized spacial score (nSPS) is 24.1. The molecule has 1 unspecified atom stereocenters. The fourth-order valence-electron chi connectivity index (χ4n) is 3.06. The molecule has 2 aliphatic heterocycles. The third-order valence-electron chi connectivity index (χ3n) is 4.30. The summed E-state index contributed by atoms with van der Waals surface area (Å²) in [7, 11) is 0. The van der Waals surface area contributed by atoms with Crippen molar-refractivity contribution in [1.29, 1.82) is 0 Å². The number of esters is 1. The van der Waals surface area contributed by atoms with Gasteiger partial charge in [0.2, 0.25) is 5.91 Å². The highest BCUT2D eigenvalue weighted by Gasteiger charge is 2.56. The van der Waals surface area contributed by atoms with E-state index in [1.807, 2.05) is 30.3 Å². The standard InChI is InChI=1S/C20H24N2O5S/c1-12-11-28-17-14(21-19(25)27-20(2,3)4)16(23)22(17)15(12)18(24)26-10-13-8-6-5-7-9-13/h5-9,14-15,17H,1,10-11H2,2-4H3,(H,21,25)/t14-,15?,17+/m1/s1. The van der Waals surface area contributed by atoms with E-state index in [1.165, 1.54) is 16.7 Å². The summed E-state index contributed by atoms with van der Waals surface area (Å²) >= 11 is 1.46. The van der Waals surface area contributed by atoms with Crippen LogP contribution in [0.2, 0.25) is 0 Å². The van der Waals surface area contributed by atoms with E-state index in [-0.39, 0.29) is 17.9 Å². The van der Waals surface area contributed by atoms with Crippen molar-refractivity contribution in [2.45, 2.75) is 50.4 Å². The van der Waals surface area contributed by atoms with E-state index in [2.05, 4.69) is 11.9 Å². The first-order chi connectivity index (χ1) is 13.2. The summed E-state index contributed by atoms with van der Waals surface area (Å²) in [6.07, 6.45) is -0.654. The molecule has 2 aliphatic rings. The third-order valence-corrected chi connectivity index (χ3v) is 5.68. The lowest BCUT2D eigenvalue weighted by Gasteiger charge is -2.52. The van der Waals surface area contributed by atoms with Crippen molar-refractivity contribution in [3.05, 3.63) is 48.0 Å². The van der Waals surface area contributed by atoms with Crippen LogP contribution in [0.3, 0.4) is 0 Å². The number of amides is 2. The van der Waals surface area contributed by atoms with Gasteiger partial charge in [0.25, 0.3) is 0 Å². The first-order valence-electron chi connectivity index (χ1n) is 8.99. The Morgan fingerprint density at radius 1 is 1.29 bits per heavy atom. The fraction of sp³-hybridized carbons (Fsp3) is 0.450. The SMILES string of the molecule is C=C1CS[C@H]2[C@H](NC(=O)OC(C)(C)C)C(=O)N2C1C(=O)OCc1ccccc1. The Kier molecular flexibility index (Phi) is 5.69. The third kappa shape index (κ3) is 4.32. The van der Waals surface area contributed by atoms with Crippen LogP contribution in [-0.4, -0.2) is 51.7 Å². The van der Waals surface area contributed by atoms with Crippen molar-refractivity contribution in [3.63, 3.8) is 0 Å². The quantitative estimate of drug-likeness (QED) is 0.471. The molecule has 7 nitrogen and oxygen atoms in total. The van der Waals surface area contributed by atoms with Crippen molar-refractivity contribution in [2.24, 2.45) is 0 Å². The molecule has 1 aromatic rings. The van der Waals surface area contributed by atoms with E-state index in [9.17, 15) is 14.4 Å². The molecule has 150 valence electrons. The summed E-state index contributed by atoms with van der Waals surface area (Å²) in [5, 5.41) is 2.25. The number of ether oxygens (including phenoxy) is 2. The van der Waals surface area contributed by atoms with Crippen LogP contribution in [0.15, 0.2) is 42.5 Å². The number of benzene rings is 1. The minimum atomic E-state index is -0.834. The minimum Gasteiger partial charge on any atom is -0.459 e. The monoisotopic (exact) mass is 404 g/mol. The fourth-order valence-corrected chi connectivity index (χ4v) is 4.37. The lowest BCUT2D eigenvalue weighted by Crippen LogP contribution is -2.74. The van der Waals surface area contributed by atoms with Gasteiger partial charge in [0.05, 0.1) is 0 Å². The summed E-state index contributed by atoms with van der Waals surface area (Å²) in [5.41, 5.74) is 0.819. The molecule has 2 fully saturated rings. The van der Waals surface area contributed by atoms with E-state index in [0.717, 1.165) is 5.56 Å². The van der Waals surface area contributed by atoms with Gasteiger partial charge in [-0.3, -0.25) is 4.79 Å². The maximum atomic E-state index is 12.6. The summed E-state index contributed by atoms with van der Waals surface area (Å²) in [6, 6.07) is 7.76. The van der Waals surface area contributed by atoms with Gasteiger partial charge < -0.3 is 19.7 Å². The van der Waals surface area contributed by atoms with Gasteiger partial charge in [0.15, 0.2) is 6.04 Å². The Hall–Kier alpha value is -2.48. The first-order valence-corrected chi connectivity index (χ1v) is 10.0. The zero-order chi connectivity index (χ0) is 20.5. The number of carbonyl (C=O) groups is 3. The van der Waals surface area contributed by atoms with Crippen LogP contribution in [0.25, 0.3) is 0 Å². The van der Waals surface area contributed by atoms with E-state index in [0.29, 0.717) is 11.3 Å². The second-order valence-electron chi connectivity index (χ2n) is 7.73. The highest BCUT2D eigenvalue weighted by molar-refractivity contribution is 8.00. The van der Waals surface area contributed by atoms with Crippen LogP contribution < -0.4 is 5.32 Å². The molecule has 0 radical (unpaired) electrons. The topological polar surface area (TPSA) is 84.9 Å². The number of nitrogens with one attached hydrogen (secondary N) is 1. The highest BCUT2D eigenvalue weighted by atomic mass is 32.2. The molecular formula is C20H24N2O5S. The molecule has 0 aromatic heterocycles. The highest BCUT2D eigenvalue weighted by Crippen LogP contribution is 2.40. The maximum Gasteiger partial charge on any atom is 0.408 e. The van der Waals surface area contributed by atoms with Gasteiger partial charge in [-0.25, -0.2) is 9.59 Å². The summed E-state index contributed by atoms with van der Waals surface area (Å²) in [5.74, 6) is -0.347. The molecule has 0 bridgehead atoms. The van der Waals surface area contributed by atoms with Crippen LogP contribution in [0.5, 0.6) is 0 Å². The van der Waals surface area contributed by atoms with E-state index < -0.39 is 29.7 Å². The molecule has 8 heteroatoms. The predicted octanol–water partition coefficient (Wildman–Crippen LogP) is 2.46. The smallest absolute Gasteiger partial charge is 0.408 e. The summed E-state index contributed by atoms with van der Waals surface area (Å²) < 4.78 is 10.6. The second kappa shape index (κ2) is 7.87. The Morgan fingerprint density at radius 2 is 1.96 bits per heavy atom. The molecule has 28 heavy (non-hydrogen) atoms. The maximum absolute atomic E-state index is 12.6. The van der Waals surface area contributed by atoms with Gasteiger partial charge in [-0.05, 0) is 31.9 Å². The van der Waals surface area contributed by atoms with Crippen molar-refractivity contribution >= 4 is 29.7 Å². The number of rotatable bonds is 4. The molecule has 2 heterocycles. The van der Waals surface area contributed by atoms with Crippen molar-refractivity contribution < 1.29 is 23.9 Å². The first kappa shape index (κ1) is 20.3. The van der Waals surface area contributed by atoms with Crippen molar-refractivity contribution in [2.75, 3.05) is 5.75 Å². The van der Waals surface area contributed by atoms with Crippen molar-refractivity contribution in [1.82, 2.24) is 10.2 Å². The zero-order valence-corrected chi connectivity index (χ0v) is 17.0. The average molecular weight is 404 g/mol. The lowest BCUT2D eigenvalue weighted by molar-refractivity contribution is -0.163. The number of β-lactam (4-membered cyclic amide) rings is 1. The molecule has 2 amide bonds. The van der Waals surface area contributed by atoms with Gasteiger partial charge in [-0.15, -0.1) is 11.8 Å². The zero-order valence-electron chi connectivity index (χ0n) is 16.1. The number of alkyl carbamates (subject to hydrolysis) is 1. The minimum absolute atomic E-state index is 0.128. The molecule has 3 atom stereocenters. The number of hydrogen-bond acceptors (Lipinski definition) is 6. The number of hydrogen-bond donors (Lipinski definition) is 1.